The van der Waals surface area contributed by atoms with Gasteiger partial charge in [0.05, 0.1) is 13.0 Å². The normalized spacial score (nSPS) is 23.4. The van der Waals surface area contributed by atoms with Crippen LogP contribution in [0.4, 0.5) is 5.95 Å². The molecule has 1 fully saturated rings. The van der Waals surface area contributed by atoms with Gasteiger partial charge in [0.2, 0.25) is 5.89 Å². The van der Waals surface area contributed by atoms with Crippen molar-refractivity contribution in [2.24, 2.45) is 5.92 Å². The van der Waals surface area contributed by atoms with Gasteiger partial charge in [0.15, 0.2) is 0 Å². The molecule has 1 aliphatic rings. The van der Waals surface area contributed by atoms with Gasteiger partial charge >= 0.3 is 5.97 Å². The smallest absolute Gasteiger partial charge is 0.308 e. The van der Waals surface area contributed by atoms with Crippen molar-refractivity contribution in [1.29, 1.82) is 0 Å². The van der Waals surface area contributed by atoms with E-state index >= 15 is 0 Å². The predicted octanol–water partition coefficient (Wildman–Crippen LogP) is 2.12. The van der Waals surface area contributed by atoms with Crippen LogP contribution < -0.4 is 5.32 Å². The number of nitrogens with one attached hydrogen (secondary N) is 1. The van der Waals surface area contributed by atoms with Crippen molar-refractivity contribution >= 4 is 11.9 Å². The zero-order valence-corrected chi connectivity index (χ0v) is 11.9. The number of esters is 1. The molecule has 106 valence electrons. The van der Waals surface area contributed by atoms with Gasteiger partial charge in [-0.1, -0.05) is 20.8 Å². The van der Waals surface area contributed by atoms with Gasteiger partial charge in [-0.15, -0.1) is 0 Å². The number of nitrogens with zero attached hydrogens (tertiary/aromatic N) is 2. The fourth-order valence-corrected chi connectivity index (χ4v) is 2.26. The van der Waals surface area contributed by atoms with Gasteiger partial charge in [-0.05, 0) is 24.4 Å². The number of hydrogen-bond donors (Lipinski definition) is 1. The van der Waals surface area contributed by atoms with Gasteiger partial charge in [-0.25, -0.2) is 0 Å². The summed E-state index contributed by atoms with van der Waals surface area (Å²) in [5.74, 6) is 0.960. The van der Waals surface area contributed by atoms with Crippen LogP contribution in [0.5, 0.6) is 0 Å². The van der Waals surface area contributed by atoms with Crippen molar-refractivity contribution in [3.05, 3.63) is 5.89 Å². The molecule has 0 bridgehead atoms. The van der Waals surface area contributed by atoms with Gasteiger partial charge in [-0.3, -0.25) is 4.79 Å². The summed E-state index contributed by atoms with van der Waals surface area (Å²) >= 11 is 0. The molecular weight excluding hydrogens is 246 g/mol. The molecule has 1 aromatic heterocycles. The van der Waals surface area contributed by atoms with Gasteiger partial charge in [0, 0.05) is 11.5 Å². The molecule has 0 radical (unpaired) electrons. The molecule has 1 N–H and O–H groups in total. The van der Waals surface area contributed by atoms with Crippen LogP contribution in [0.25, 0.3) is 0 Å². The summed E-state index contributed by atoms with van der Waals surface area (Å²) < 4.78 is 9.98. The van der Waals surface area contributed by atoms with E-state index in [0.29, 0.717) is 11.8 Å². The van der Waals surface area contributed by atoms with Crippen LogP contribution >= 0.6 is 0 Å². The summed E-state index contributed by atoms with van der Waals surface area (Å²) in [4.78, 5) is 15.8. The van der Waals surface area contributed by atoms with Gasteiger partial charge in [0.1, 0.15) is 0 Å². The van der Waals surface area contributed by atoms with Crippen LogP contribution in [0.2, 0.25) is 0 Å². The molecule has 2 atom stereocenters. The molecular formula is C13H21N3O3. The molecule has 2 rings (SSSR count). The van der Waals surface area contributed by atoms with Crippen molar-refractivity contribution in [2.45, 2.75) is 51.5 Å². The predicted molar refractivity (Wildman–Crippen MR) is 69.8 cm³/mol. The van der Waals surface area contributed by atoms with Crippen LogP contribution in [-0.2, 0) is 14.9 Å². The molecule has 1 aliphatic carbocycles. The van der Waals surface area contributed by atoms with E-state index in [4.69, 9.17) is 9.26 Å². The summed E-state index contributed by atoms with van der Waals surface area (Å²) in [6.07, 6.45) is 2.51. The lowest BCUT2D eigenvalue weighted by atomic mass is 9.97. The Morgan fingerprint density at radius 1 is 1.42 bits per heavy atom. The van der Waals surface area contributed by atoms with E-state index in [1.807, 2.05) is 20.8 Å². The Bertz CT molecular complexity index is 450. The number of carbonyl (C=O) groups excluding carboxylic acids is 1. The highest BCUT2D eigenvalue weighted by Gasteiger charge is 2.31. The number of aromatic nitrogens is 2. The maximum absolute atomic E-state index is 11.4. The minimum Gasteiger partial charge on any atom is -0.469 e. The van der Waals surface area contributed by atoms with E-state index in [1.165, 1.54) is 7.11 Å². The molecule has 1 heterocycles. The third-order valence-corrected chi connectivity index (χ3v) is 3.37. The number of carbonyl (C=O) groups is 1. The first-order chi connectivity index (χ1) is 8.90. The minimum atomic E-state index is -0.156. The maximum atomic E-state index is 11.4. The highest BCUT2D eigenvalue weighted by atomic mass is 16.5. The Kier molecular flexibility index (Phi) is 3.78. The molecule has 1 saturated carbocycles. The fourth-order valence-electron chi connectivity index (χ4n) is 2.26. The second kappa shape index (κ2) is 5.19. The average molecular weight is 267 g/mol. The van der Waals surface area contributed by atoms with E-state index in [-0.39, 0.29) is 23.3 Å². The molecule has 0 amide bonds. The molecule has 19 heavy (non-hydrogen) atoms. The van der Waals surface area contributed by atoms with Crippen molar-refractivity contribution < 1.29 is 14.1 Å². The molecule has 0 spiro atoms. The topological polar surface area (TPSA) is 77.2 Å². The lowest BCUT2D eigenvalue weighted by Crippen LogP contribution is -2.19. The van der Waals surface area contributed by atoms with Crippen molar-refractivity contribution in [2.75, 3.05) is 12.4 Å². The minimum absolute atomic E-state index is 0.0171. The molecule has 0 saturated heterocycles. The monoisotopic (exact) mass is 267 g/mol. The van der Waals surface area contributed by atoms with Crippen LogP contribution in [-0.4, -0.2) is 29.3 Å². The van der Waals surface area contributed by atoms with Crippen LogP contribution in [0.3, 0.4) is 0 Å². The molecule has 1 aromatic rings. The Morgan fingerprint density at radius 2 is 2.16 bits per heavy atom. The molecule has 6 heteroatoms. The second-order valence-corrected chi connectivity index (χ2v) is 6.05. The second-order valence-electron chi connectivity index (χ2n) is 6.05. The highest BCUT2D eigenvalue weighted by Crippen LogP contribution is 2.29. The van der Waals surface area contributed by atoms with E-state index in [1.54, 1.807) is 0 Å². The molecule has 0 unspecified atom stereocenters. The number of methoxy groups -OCH3 is 1. The lowest BCUT2D eigenvalue weighted by molar-refractivity contribution is -0.145. The summed E-state index contributed by atoms with van der Waals surface area (Å²) in [5, 5.41) is 7.14. The Balaban J connectivity index is 1.92. The van der Waals surface area contributed by atoms with Gasteiger partial charge in [0.25, 0.3) is 5.95 Å². The van der Waals surface area contributed by atoms with Crippen molar-refractivity contribution in [3.8, 4) is 0 Å². The standard InChI is InChI=1S/C13H21N3O3/c1-13(2,3)11-15-12(16-19-11)14-9-6-5-8(7-9)10(17)18-4/h8-9H,5-7H2,1-4H3,(H,14,16)/t8-,9+/m0/s1. The van der Waals surface area contributed by atoms with Crippen molar-refractivity contribution in [3.63, 3.8) is 0 Å². The van der Waals surface area contributed by atoms with Crippen LogP contribution in [0.15, 0.2) is 4.52 Å². The number of rotatable bonds is 3. The summed E-state index contributed by atoms with van der Waals surface area (Å²) in [6.45, 7) is 6.06. The quantitative estimate of drug-likeness (QED) is 0.845. The lowest BCUT2D eigenvalue weighted by Gasteiger charge is -2.11. The summed E-state index contributed by atoms with van der Waals surface area (Å²) in [5.41, 5.74) is -0.156. The number of hydrogen-bond acceptors (Lipinski definition) is 6. The zero-order valence-electron chi connectivity index (χ0n) is 11.9. The van der Waals surface area contributed by atoms with E-state index in [0.717, 1.165) is 19.3 Å². The third kappa shape index (κ3) is 3.24. The first-order valence-corrected chi connectivity index (χ1v) is 6.58. The van der Waals surface area contributed by atoms with Crippen LogP contribution in [0, 0.1) is 5.92 Å². The molecule has 6 nitrogen and oxygen atoms in total. The Hall–Kier alpha value is -1.59. The van der Waals surface area contributed by atoms with E-state index in [2.05, 4.69) is 15.5 Å². The maximum Gasteiger partial charge on any atom is 0.308 e. The molecule has 0 aromatic carbocycles. The first kappa shape index (κ1) is 13.8. The zero-order chi connectivity index (χ0) is 14.0. The Morgan fingerprint density at radius 3 is 2.74 bits per heavy atom. The first-order valence-electron chi connectivity index (χ1n) is 6.58. The average Bonchev–Trinajstić information content (AvgIpc) is 2.97. The highest BCUT2D eigenvalue weighted by molar-refractivity contribution is 5.72. The largest absolute Gasteiger partial charge is 0.469 e. The van der Waals surface area contributed by atoms with Crippen LogP contribution in [0.1, 0.15) is 45.9 Å². The van der Waals surface area contributed by atoms with Gasteiger partial charge in [-0.2, -0.15) is 4.98 Å². The van der Waals surface area contributed by atoms with E-state index < -0.39 is 0 Å². The number of anilines is 1. The SMILES string of the molecule is COC(=O)[C@H]1CC[C@@H](Nc2noc(C(C)(C)C)n2)C1. The summed E-state index contributed by atoms with van der Waals surface area (Å²) in [7, 11) is 1.43. The van der Waals surface area contributed by atoms with E-state index in [9.17, 15) is 4.79 Å². The van der Waals surface area contributed by atoms with Crippen molar-refractivity contribution in [1.82, 2.24) is 10.1 Å². The number of ether oxygens (including phenoxy) is 1. The summed E-state index contributed by atoms with van der Waals surface area (Å²) in [6, 6.07) is 0.203. The molecule has 0 aliphatic heterocycles. The fraction of sp³-hybridized carbons (Fsp3) is 0.769. The third-order valence-electron chi connectivity index (χ3n) is 3.37. The Labute approximate surface area is 112 Å². The van der Waals surface area contributed by atoms with Gasteiger partial charge < -0.3 is 14.6 Å².